The minimum Gasteiger partial charge on any atom is -0.462 e. The van der Waals surface area contributed by atoms with E-state index in [1.807, 2.05) is 0 Å². The molecular formula is C22H30N2O3. The van der Waals surface area contributed by atoms with Gasteiger partial charge in [-0.3, -0.25) is 9.69 Å². The van der Waals surface area contributed by atoms with Gasteiger partial charge in [-0.25, -0.2) is 0 Å². The Kier molecular flexibility index (Phi) is 4.60. The molecule has 5 heteroatoms. The summed E-state index contributed by atoms with van der Waals surface area (Å²) in [7, 11) is 0. The first-order valence-electron chi connectivity index (χ1n) is 10.6. The van der Waals surface area contributed by atoms with Crippen LogP contribution in [-0.4, -0.2) is 42.3 Å². The molecule has 4 aliphatic rings. The number of likely N-dealkylation sites (tertiary alicyclic amines) is 1. The van der Waals surface area contributed by atoms with Gasteiger partial charge in [-0.2, -0.15) is 0 Å². The standard InChI is InChI=1S/C22H30N2O3/c25-21-7-5-17(14-23-21)12-16-4-6-20-18(13-16)15-26-22(27-20)8-10-24(11-9-22)19-2-1-3-19/h4,6,13,17,19H,1-3,5,7-12,14-15H2,(H,23,25). The first-order chi connectivity index (χ1) is 13.2. The highest BCUT2D eigenvalue weighted by Crippen LogP contribution is 2.39. The molecule has 1 saturated carbocycles. The zero-order chi connectivity index (χ0) is 18.3. The fourth-order valence-corrected chi connectivity index (χ4v) is 4.93. The summed E-state index contributed by atoms with van der Waals surface area (Å²) in [5, 5.41) is 2.98. The molecule has 3 fully saturated rings. The van der Waals surface area contributed by atoms with Crippen molar-refractivity contribution >= 4 is 5.91 Å². The summed E-state index contributed by atoms with van der Waals surface area (Å²) in [6, 6.07) is 7.37. The third-order valence-electron chi connectivity index (χ3n) is 6.95. The van der Waals surface area contributed by atoms with Crippen molar-refractivity contribution in [1.29, 1.82) is 0 Å². The van der Waals surface area contributed by atoms with Crippen LogP contribution in [0.3, 0.4) is 0 Å². The molecule has 5 nitrogen and oxygen atoms in total. The lowest BCUT2D eigenvalue weighted by molar-refractivity contribution is -0.231. The molecule has 1 aliphatic carbocycles. The van der Waals surface area contributed by atoms with Crippen LogP contribution in [0.4, 0.5) is 0 Å². The maximum atomic E-state index is 11.3. The van der Waals surface area contributed by atoms with Crippen LogP contribution in [0.25, 0.3) is 0 Å². The molecule has 1 N–H and O–H groups in total. The summed E-state index contributed by atoms with van der Waals surface area (Å²) in [5.41, 5.74) is 2.48. The summed E-state index contributed by atoms with van der Waals surface area (Å²) in [5.74, 6) is 1.31. The second-order valence-electron chi connectivity index (χ2n) is 8.78. The molecule has 0 aromatic heterocycles. The Labute approximate surface area is 161 Å². The number of carbonyl (C=O) groups excluding carboxylic acids is 1. The number of fused-ring (bicyclic) bond motifs is 1. The normalized spacial score (nSPS) is 28.1. The van der Waals surface area contributed by atoms with Gasteiger partial charge in [0.25, 0.3) is 0 Å². The van der Waals surface area contributed by atoms with Crippen molar-refractivity contribution in [2.45, 2.75) is 69.8 Å². The van der Waals surface area contributed by atoms with E-state index in [2.05, 4.69) is 28.4 Å². The van der Waals surface area contributed by atoms with Crippen molar-refractivity contribution in [3.05, 3.63) is 29.3 Å². The van der Waals surface area contributed by atoms with Gasteiger partial charge < -0.3 is 14.8 Å². The fourth-order valence-electron chi connectivity index (χ4n) is 4.93. The SMILES string of the molecule is O=C1CCC(Cc2ccc3c(c2)COC2(CCN(C4CCC4)CC2)O3)CN1. The maximum Gasteiger partial charge on any atom is 0.220 e. The summed E-state index contributed by atoms with van der Waals surface area (Å²) in [4.78, 5) is 14.0. The van der Waals surface area contributed by atoms with Gasteiger partial charge in [0.2, 0.25) is 11.7 Å². The van der Waals surface area contributed by atoms with Crippen molar-refractivity contribution in [3.8, 4) is 5.75 Å². The lowest BCUT2D eigenvalue weighted by atomic mass is 9.89. The molecule has 1 aromatic carbocycles. The number of hydrogen-bond acceptors (Lipinski definition) is 4. The highest BCUT2D eigenvalue weighted by atomic mass is 16.7. The summed E-state index contributed by atoms with van der Waals surface area (Å²) in [6.07, 6.45) is 8.70. The van der Waals surface area contributed by atoms with E-state index in [0.717, 1.165) is 57.1 Å². The molecule has 2 saturated heterocycles. The molecule has 5 rings (SSSR count). The summed E-state index contributed by atoms with van der Waals surface area (Å²) >= 11 is 0. The molecule has 1 amide bonds. The molecule has 1 unspecified atom stereocenters. The van der Waals surface area contributed by atoms with Crippen LogP contribution in [0.15, 0.2) is 18.2 Å². The molecule has 3 aliphatic heterocycles. The second kappa shape index (κ2) is 7.10. The summed E-state index contributed by atoms with van der Waals surface area (Å²) in [6.45, 7) is 3.62. The van der Waals surface area contributed by atoms with Gasteiger partial charge in [0, 0.05) is 50.5 Å². The highest BCUT2D eigenvalue weighted by molar-refractivity contribution is 5.76. The molecular weight excluding hydrogens is 340 g/mol. The number of carbonyl (C=O) groups is 1. The van der Waals surface area contributed by atoms with E-state index >= 15 is 0 Å². The molecule has 0 bridgehead atoms. The molecule has 27 heavy (non-hydrogen) atoms. The third-order valence-corrected chi connectivity index (χ3v) is 6.95. The van der Waals surface area contributed by atoms with Crippen LogP contribution in [-0.2, 0) is 22.6 Å². The topological polar surface area (TPSA) is 50.8 Å². The zero-order valence-corrected chi connectivity index (χ0v) is 16.0. The highest BCUT2D eigenvalue weighted by Gasteiger charge is 2.42. The number of ether oxygens (including phenoxy) is 2. The van der Waals surface area contributed by atoms with Crippen LogP contribution in [0.5, 0.6) is 5.75 Å². The fraction of sp³-hybridized carbons (Fsp3) is 0.682. The van der Waals surface area contributed by atoms with Gasteiger partial charge in [-0.1, -0.05) is 12.5 Å². The minimum absolute atomic E-state index is 0.187. The Hall–Kier alpha value is -1.59. The number of piperidine rings is 2. The molecule has 1 atom stereocenters. The van der Waals surface area contributed by atoms with Crippen LogP contribution in [0, 0.1) is 5.92 Å². The van der Waals surface area contributed by atoms with Gasteiger partial charge in [-0.15, -0.1) is 0 Å². The Morgan fingerprint density at radius 1 is 1.19 bits per heavy atom. The first-order valence-corrected chi connectivity index (χ1v) is 10.6. The predicted molar refractivity (Wildman–Crippen MR) is 102 cm³/mol. The molecule has 3 heterocycles. The molecule has 146 valence electrons. The monoisotopic (exact) mass is 370 g/mol. The predicted octanol–water partition coefficient (Wildman–Crippen LogP) is 3.01. The van der Waals surface area contributed by atoms with E-state index in [4.69, 9.17) is 9.47 Å². The van der Waals surface area contributed by atoms with Gasteiger partial charge in [0.05, 0.1) is 6.61 Å². The first kappa shape index (κ1) is 17.5. The van der Waals surface area contributed by atoms with Crippen LogP contribution in [0.2, 0.25) is 0 Å². The number of nitrogens with zero attached hydrogens (tertiary/aromatic N) is 1. The van der Waals surface area contributed by atoms with Crippen LogP contribution < -0.4 is 10.1 Å². The van der Waals surface area contributed by atoms with Gasteiger partial charge in [-0.05, 0) is 49.3 Å². The van der Waals surface area contributed by atoms with E-state index in [1.54, 1.807) is 0 Å². The van der Waals surface area contributed by atoms with E-state index in [0.29, 0.717) is 18.9 Å². The molecule has 0 radical (unpaired) electrons. The van der Waals surface area contributed by atoms with Crippen molar-refractivity contribution in [2.75, 3.05) is 19.6 Å². The second-order valence-corrected chi connectivity index (χ2v) is 8.78. The number of benzene rings is 1. The Morgan fingerprint density at radius 2 is 2.04 bits per heavy atom. The largest absolute Gasteiger partial charge is 0.462 e. The Morgan fingerprint density at radius 3 is 2.74 bits per heavy atom. The van der Waals surface area contributed by atoms with Gasteiger partial charge >= 0.3 is 0 Å². The Bertz CT molecular complexity index is 698. The minimum atomic E-state index is -0.414. The number of amides is 1. The van der Waals surface area contributed by atoms with E-state index in [9.17, 15) is 4.79 Å². The average Bonchev–Trinajstić information content (AvgIpc) is 2.64. The third kappa shape index (κ3) is 3.59. The lowest BCUT2D eigenvalue weighted by Gasteiger charge is -2.47. The quantitative estimate of drug-likeness (QED) is 0.889. The van der Waals surface area contributed by atoms with Crippen LogP contribution in [0.1, 0.15) is 56.1 Å². The van der Waals surface area contributed by atoms with Crippen LogP contribution >= 0.6 is 0 Å². The van der Waals surface area contributed by atoms with Gasteiger partial charge in [0.15, 0.2) is 0 Å². The Balaban J connectivity index is 1.21. The maximum absolute atomic E-state index is 11.3. The number of rotatable bonds is 3. The lowest BCUT2D eigenvalue weighted by Crippen LogP contribution is -2.54. The number of hydrogen-bond donors (Lipinski definition) is 1. The van der Waals surface area contributed by atoms with Crippen molar-refractivity contribution < 1.29 is 14.3 Å². The smallest absolute Gasteiger partial charge is 0.220 e. The van der Waals surface area contributed by atoms with Gasteiger partial charge in [0.1, 0.15) is 5.75 Å². The average molecular weight is 370 g/mol. The summed E-state index contributed by atoms with van der Waals surface area (Å²) < 4.78 is 12.7. The van der Waals surface area contributed by atoms with Crippen molar-refractivity contribution in [1.82, 2.24) is 10.2 Å². The van der Waals surface area contributed by atoms with E-state index in [1.165, 1.54) is 30.4 Å². The number of nitrogens with one attached hydrogen (secondary N) is 1. The molecule has 1 aromatic rings. The van der Waals surface area contributed by atoms with E-state index in [-0.39, 0.29) is 5.91 Å². The molecule has 1 spiro atoms. The van der Waals surface area contributed by atoms with Crippen molar-refractivity contribution in [3.63, 3.8) is 0 Å². The van der Waals surface area contributed by atoms with Crippen molar-refractivity contribution in [2.24, 2.45) is 5.92 Å². The van der Waals surface area contributed by atoms with E-state index < -0.39 is 5.79 Å². The zero-order valence-electron chi connectivity index (χ0n) is 16.0.